The molecule has 34 heavy (non-hydrogen) atoms. The largest absolute Gasteiger partial charge is 0.372 e. The van der Waals surface area contributed by atoms with Crippen molar-refractivity contribution in [2.75, 3.05) is 25.0 Å². The number of benzene rings is 2. The number of aryl methyl sites for hydroxylation is 1. The van der Waals surface area contributed by atoms with E-state index >= 15 is 0 Å². The Hall–Kier alpha value is -2.97. The van der Waals surface area contributed by atoms with Gasteiger partial charge in [-0.3, -0.25) is 19.6 Å². The average Bonchev–Trinajstić information content (AvgIpc) is 3.29. The monoisotopic (exact) mass is 541 g/mol. The number of nitrogens with zero attached hydrogens (tertiary/aromatic N) is 2. The molecule has 0 aromatic heterocycles. The number of carbonyl (C=O) groups excluding carboxylic acids is 2. The zero-order chi connectivity index (χ0) is 23.9. The Bertz CT molecular complexity index is 1170. The first kappa shape index (κ1) is 24.2. The lowest BCUT2D eigenvalue weighted by atomic mass is 10.1. The summed E-state index contributed by atoms with van der Waals surface area (Å²) in [6.07, 6.45) is 3.04. The van der Waals surface area contributed by atoms with E-state index in [1.165, 1.54) is 5.56 Å². The number of carbonyl (C=O) groups is 2. The molecule has 0 bridgehead atoms. The van der Waals surface area contributed by atoms with Crippen LogP contribution in [-0.4, -0.2) is 43.0 Å². The van der Waals surface area contributed by atoms with Gasteiger partial charge in [-0.15, -0.1) is 0 Å². The zero-order valence-corrected chi connectivity index (χ0v) is 20.9. The predicted octanol–water partition coefficient (Wildman–Crippen LogP) is 4.48. The molecule has 0 saturated carbocycles. The molecule has 2 aliphatic rings. The van der Waals surface area contributed by atoms with Gasteiger partial charge in [-0.05, 0) is 65.0 Å². The van der Waals surface area contributed by atoms with E-state index in [1.807, 2.05) is 24.3 Å². The van der Waals surface area contributed by atoms with Crippen molar-refractivity contribution in [2.24, 2.45) is 9.98 Å². The molecule has 4 rings (SSSR count). The second-order valence-electron chi connectivity index (χ2n) is 7.97. The summed E-state index contributed by atoms with van der Waals surface area (Å²) in [5.41, 5.74) is 3.09. The molecule has 2 aliphatic heterocycles. The van der Waals surface area contributed by atoms with Crippen molar-refractivity contribution >= 4 is 56.6 Å². The molecule has 0 spiro atoms. The van der Waals surface area contributed by atoms with E-state index in [0.717, 1.165) is 31.8 Å². The molecule has 2 heterocycles. The van der Waals surface area contributed by atoms with E-state index in [-0.39, 0.29) is 17.5 Å². The summed E-state index contributed by atoms with van der Waals surface area (Å²) in [6.45, 7) is 2.25. The zero-order valence-electron chi connectivity index (χ0n) is 18.5. The molecule has 2 aromatic rings. The van der Waals surface area contributed by atoms with Gasteiger partial charge in [0.25, 0.3) is 11.8 Å². The molecule has 2 amide bonds. The highest BCUT2D eigenvalue weighted by atomic mass is 79.9. The van der Waals surface area contributed by atoms with Gasteiger partial charge >= 0.3 is 0 Å². The lowest BCUT2D eigenvalue weighted by Gasteiger charge is -2.13. The first-order chi connectivity index (χ1) is 16.5. The summed E-state index contributed by atoms with van der Waals surface area (Å²) < 4.78 is 0.476. The van der Waals surface area contributed by atoms with E-state index < -0.39 is 0 Å². The van der Waals surface area contributed by atoms with Crippen molar-refractivity contribution in [1.82, 2.24) is 10.6 Å². The molecule has 7 nitrogen and oxygen atoms in total. The molecule has 0 unspecified atom stereocenters. The van der Waals surface area contributed by atoms with Crippen molar-refractivity contribution in [1.29, 1.82) is 0 Å². The molecule has 3 N–H and O–H groups in total. The maximum atomic E-state index is 13.0. The Morgan fingerprint density at radius 1 is 0.971 bits per heavy atom. The van der Waals surface area contributed by atoms with E-state index in [2.05, 4.69) is 41.9 Å². The van der Waals surface area contributed by atoms with Crippen LogP contribution in [0.1, 0.15) is 35.2 Å². The number of hydrogen-bond acceptors (Lipinski definition) is 5. The lowest BCUT2D eigenvalue weighted by Crippen LogP contribution is -2.28. The molecular formula is C25H25BrClN5O2. The van der Waals surface area contributed by atoms with Gasteiger partial charge in [0.1, 0.15) is 5.71 Å². The number of halogens is 2. The fraction of sp³-hybridized carbons (Fsp3) is 0.280. The van der Waals surface area contributed by atoms with Crippen LogP contribution in [0.25, 0.3) is 0 Å². The fourth-order valence-electron chi connectivity index (χ4n) is 3.73. The quantitative estimate of drug-likeness (QED) is 0.481. The first-order valence-electron chi connectivity index (χ1n) is 11.2. The van der Waals surface area contributed by atoms with Gasteiger partial charge in [0.2, 0.25) is 0 Å². The van der Waals surface area contributed by atoms with E-state index in [0.29, 0.717) is 45.8 Å². The number of hydrogen-bond donors (Lipinski definition) is 3. The number of allylic oxidation sites excluding steroid dienone is 1. The second-order valence-corrected chi connectivity index (χ2v) is 9.17. The Kier molecular flexibility index (Phi) is 8.13. The minimum absolute atomic E-state index is 0.251. The SMILES string of the molecule is O=C(Nc1ccc(CCC2=NCCN2)cc1)C1=NCCCC(NC(=O)c2ccccc2Cl)=C1Br. The van der Waals surface area contributed by atoms with Gasteiger partial charge in [-0.1, -0.05) is 35.9 Å². The molecule has 0 atom stereocenters. The van der Waals surface area contributed by atoms with Gasteiger partial charge in [0.15, 0.2) is 0 Å². The number of rotatable bonds is 7. The van der Waals surface area contributed by atoms with Crippen LogP contribution in [0.5, 0.6) is 0 Å². The summed E-state index contributed by atoms with van der Waals surface area (Å²) in [6, 6.07) is 14.6. The van der Waals surface area contributed by atoms with E-state index in [9.17, 15) is 9.59 Å². The van der Waals surface area contributed by atoms with Crippen LogP contribution >= 0.6 is 27.5 Å². The Morgan fingerprint density at radius 3 is 2.50 bits per heavy atom. The normalized spacial score (nSPS) is 15.7. The minimum Gasteiger partial charge on any atom is -0.372 e. The number of anilines is 1. The summed E-state index contributed by atoms with van der Waals surface area (Å²) in [7, 11) is 0. The Balaban J connectivity index is 1.41. The van der Waals surface area contributed by atoms with Crippen LogP contribution in [0.15, 0.2) is 68.7 Å². The Labute approximate surface area is 211 Å². The van der Waals surface area contributed by atoms with Gasteiger partial charge in [-0.25, -0.2) is 0 Å². The van der Waals surface area contributed by atoms with Gasteiger partial charge in [0, 0.05) is 30.9 Å². The number of amides is 2. The maximum Gasteiger partial charge on any atom is 0.275 e. The van der Waals surface area contributed by atoms with Crippen LogP contribution in [0.4, 0.5) is 5.69 Å². The highest BCUT2D eigenvalue weighted by Crippen LogP contribution is 2.23. The minimum atomic E-state index is -0.337. The maximum absolute atomic E-state index is 13.0. The molecule has 9 heteroatoms. The van der Waals surface area contributed by atoms with Crippen molar-refractivity contribution in [3.05, 3.63) is 74.9 Å². The second kappa shape index (κ2) is 11.4. The van der Waals surface area contributed by atoms with Crippen LogP contribution < -0.4 is 16.0 Å². The third-order valence-electron chi connectivity index (χ3n) is 5.53. The third kappa shape index (κ3) is 6.12. The molecule has 2 aromatic carbocycles. The van der Waals surface area contributed by atoms with Crippen molar-refractivity contribution in [3.8, 4) is 0 Å². The average molecular weight is 543 g/mol. The van der Waals surface area contributed by atoms with Gasteiger partial charge < -0.3 is 16.0 Å². The highest BCUT2D eigenvalue weighted by molar-refractivity contribution is 9.12. The highest BCUT2D eigenvalue weighted by Gasteiger charge is 2.23. The molecule has 0 saturated heterocycles. The van der Waals surface area contributed by atoms with Crippen molar-refractivity contribution in [2.45, 2.75) is 25.7 Å². The topological polar surface area (TPSA) is 94.9 Å². The van der Waals surface area contributed by atoms with E-state index in [1.54, 1.807) is 24.3 Å². The van der Waals surface area contributed by atoms with Gasteiger partial charge in [0.05, 0.1) is 27.4 Å². The molecular weight excluding hydrogens is 518 g/mol. The molecule has 0 aliphatic carbocycles. The molecule has 176 valence electrons. The van der Waals surface area contributed by atoms with Crippen molar-refractivity contribution in [3.63, 3.8) is 0 Å². The lowest BCUT2D eigenvalue weighted by molar-refractivity contribution is -0.110. The number of aliphatic imine (C=N–C) groups is 2. The predicted molar refractivity (Wildman–Crippen MR) is 140 cm³/mol. The Morgan fingerprint density at radius 2 is 1.76 bits per heavy atom. The third-order valence-corrected chi connectivity index (χ3v) is 6.72. The summed E-state index contributed by atoms with van der Waals surface area (Å²) in [5, 5.41) is 9.44. The van der Waals surface area contributed by atoms with E-state index in [4.69, 9.17) is 11.6 Å². The van der Waals surface area contributed by atoms with Crippen LogP contribution in [0.2, 0.25) is 5.02 Å². The van der Waals surface area contributed by atoms with Crippen LogP contribution in [-0.2, 0) is 11.2 Å². The fourth-order valence-corrected chi connectivity index (χ4v) is 4.55. The smallest absolute Gasteiger partial charge is 0.275 e. The molecule has 0 fully saturated rings. The summed E-state index contributed by atoms with van der Waals surface area (Å²) in [5.74, 6) is 0.391. The number of nitrogens with one attached hydrogen (secondary N) is 3. The summed E-state index contributed by atoms with van der Waals surface area (Å²) in [4.78, 5) is 34.6. The van der Waals surface area contributed by atoms with Gasteiger partial charge in [-0.2, -0.15) is 0 Å². The van der Waals surface area contributed by atoms with Crippen LogP contribution in [0, 0.1) is 0 Å². The van der Waals surface area contributed by atoms with Crippen molar-refractivity contribution < 1.29 is 9.59 Å². The first-order valence-corrected chi connectivity index (χ1v) is 12.3. The number of amidine groups is 1. The summed E-state index contributed by atoms with van der Waals surface area (Å²) >= 11 is 9.65. The molecule has 0 radical (unpaired) electrons. The standard InChI is InChI=1S/C25H25BrClN5O2/c26-22-20(32-24(33)18-4-1-2-5-19(18)27)6-3-13-30-23(22)25(34)31-17-10-7-16(8-11-17)9-12-21-28-14-15-29-21/h1-2,4-5,7-8,10-11H,3,6,9,12-15H2,(H,28,29)(H,31,34)(H,32,33). The van der Waals surface area contributed by atoms with Crippen LogP contribution in [0.3, 0.4) is 0 Å².